The largest absolute Gasteiger partial charge is 0.396 e. The maximum atomic E-state index is 10.7. The number of nitro groups is 1. The quantitative estimate of drug-likeness (QED) is 0.462. The van der Waals surface area contributed by atoms with Crippen LogP contribution in [-0.2, 0) is 0 Å². The SMILES string of the molecule is CCC(C)(CCO)Nc1ccc([N+](=O)[O-])cc1I. The molecule has 0 amide bonds. The molecule has 0 bridgehead atoms. The van der Waals surface area contributed by atoms with Gasteiger partial charge in [-0.2, -0.15) is 0 Å². The second kappa shape index (κ2) is 6.33. The van der Waals surface area contributed by atoms with E-state index in [2.05, 4.69) is 27.9 Å². The van der Waals surface area contributed by atoms with Crippen LogP contribution in [0.5, 0.6) is 0 Å². The smallest absolute Gasteiger partial charge is 0.270 e. The maximum Gasteiger partial charge on any atom is 0.270 e. The summed E-state index contributed by atoms with van der Waals surface area (Å²) in [5, 5.41) is 23.1. The Kier molecular flexibility index (Phi) is 5.33. The molecule has 0 aromatic heterocycles. The van der Waals surface area contributed by atoms with Crippen molar-refractivity contribution in [2.45, 2.75) is 32.2 Å². The lowest BCUT2D eigenvalue weighted by atomic mass is 9.94. The van der Waals surface area contributed by atoms with E-state index >= 15 is 0 Å². The minimum Gasteiger partial charge on any atom is -0.396 e. The van der Waals surface area contributed by atoms with Gasteiger partial charge in [-0.05, 0) is 48.4 Å². The van der Waals surface area contributed by atoms with Crippen molar-refractivity contribution in [3.63, 3.8) is 0 Å². The summed E-state index contributed by atoms with van der Waals surface area (Å²) < 4.78 is 0.805. The van der Waals surface area contributed by atoms with Crippen molar-refractivity contribution in [3.05, 3.63) is 31.9 Å². The first-order chi connectivity index (χ1) is 8.41. The molecule has 0 aliphatic carbocycles. The molecule has 0 aliphatic rings. The van der Waals surface area contributed by atoms with Gasteiger partial charge in [0.05, 0.1) is 4.92 Å². The molecule has 0 heterocycles. The number of nitro benzene ring substituents is 1. The summed E-state index contributed by atoms with van der Waals surface area (Å²) in [7, 11) is 0. The zero-order valence-corrected chi connectivity index (χ0v) is 12.6. The van der Waals surface area contributed by atoms with Gasteiger partial charge in [0.25, 0.3) is 5.69 Å². The molecule has 100 valence electrons. The number of hydrogen-bond acceptors (Lipinski definition) is 4. The number of aliphatic hydroxyl groups is 1. The molecular formula is C12H17IN2O3. The predicted molar refractivity (Wildman–Crippen MR) is 79.8 cm³/mol. The maximum absolute atomic E-state index is 10.7. The van der Waals surface area contributed by atoms with E-state index in [1.807, 2.05) is 13.8 Å². The van der Waals surface area contributed by atoms with E-state index in [0.29, 0.717) is 6.42 Å². The van der Waals surface area contributed by atoms with Gasteiger partial charge in [-0.3, -0.25) is 10.1 Å². The monoisotopic (exact) mass is 364 g/mol. The van der Waals surface area contributed by atoms with Crippen LogP contribution in [0.15, 0.2) is 18.2 Å². The van der Waals surface area contributed by atoms with Gasteiger partial charge < -0.3 is 10.4 Å². The molecular weight excluding hydrogens is 347 g/mol. The molecule has 1 rings (SSSR count). The fraction of sp³-hybridized carbons (Fsp3) is 0.500. The predicted octanol–water partition coefficient (Wildman–Crippen LogP) is 3.16. The summed E-state index contributed by atoms with van der Waals surface area (Å²) in [5.74, 6) is 0. The number of aliphatic hydroxyl groups excluding tert-OH is 1. The average molecular weight is 364 g/mol. The van der Waals surface area contributed by atoms with Crippen molar-refractivity contribution in [1.29, 1.82) is 0 Å². The Morgan fingerprint density at radius 1 is 1.56 bits per heavy atom. The van der Waals surface area contributed by atoms with Gasteiger partial charge in [0.15, 0.2) is 0 Å². The summed E-state index contributed by atoms with van der Waals surface area (Å²) in [6.07, 6.45) is 1.50. The Morgan fingerprint density at radius 3 is 2.67 bits per heavy atom. The first-order valence-corrected chi connectivity index (χ1v) is 6.82. The second-order valence-corrected chi connectivity index (χ2v) is 5.60. The highest BCUT2D eigenvalue weighted by atomic mass is 127. The summed E-state index contributed by atoms with van der Waals surface area (Å²) in [6, 6.07) is 4.74. The number of rotatable bonds is 6. The molecule has 5 nitrogen and oxygen atoms in total. The van der Waals surface area contributed by atoms with Gasteiger partial charge in [-0.25, -0.2) is 0 Å². The zero-order valence-electron chi connectivity index (χ0n) is 10.4. The highest BCUT2D eigenvalue weighted by molar-refractivity contribution is 14.1. The van der Waals surface area contributed by atoms with Crippen LogP contribution in [0, 0.1) is 13.7 Å². The van der Waals surface area contributed by atoms with E-state index < -0.39 is 4.92 Å². The number of non-ortho nitro benzene ring substituents is 1. The van der Waals surface area contributed by atoms with Crippen molar-refractivity contribution < 1.29 is 10.0 Å². The van der Waals surface area contributed by atoms with Crippen molar-refractivity contribution in [3.8, 4) is 0 Å². The number of anilines is 1. The van der Waals surface area contributed by atoms with Gasteiger partial charge in [-0.1, -0.05) is 6.92 Å². The van der Waals surface area contributed by atoms with Crippen LogP contribution < -0.4 is 5.32 Å². The number of halogens is 1. The van der Waals surface area contributed by atoms with Crippen LogP contribution in [0.25, 0.3) is 0 Å². The van der Waals surface area contributed by atoms with Crippen LogP contribution in [-0.4, -0.2) is 22.2 Å². The molecule has 0 saturated carbocycles. The summed E-state index contributed by atoms with van der Waals surface area (Å²) in [6.45, 7) is 4.18. The van der Waals surface area contributed by atoms with Crippen molar-refractivity contribution >= 4 is 34.0 Å². The van der Waals surface area contributed by atoms with E-state index in [9.17, 15) is 10.1 Å². The molecule has 0 fully saturated rings. The van der Waals surface area contributed by atoms with E-state index in [1.54, 1.807) is 6.07 Å². The normalized spacial score (nSPS) is 14.0. The van der Waals surface area contributed by atoms with Crippen LogP contribution >= 0.6 is 22.6 Å². The lowest BCUT2D eigenvalue weighted by Crippen LogP contribution is -2.35. The van der Waals surface area contributed by atoms with E-state index in [-0.39, 0.29) is 17.8 Å². The number of hydrogen-bond donors (Lipinski definition) is 2. The fourth-order valence-corrected chi connectivity index (χ4v) is 2.25. The van der Waals surface area contributed by atoms with Gasteiger partial charge in [0.2, 0.25) is 0 Å². The summed E-state index contributed by atoms with van der Waals surface area (Å²) in [4.78, 5) is 10.3. The molecule has 0 spiro atoms. The van der Waals surface area contributed by atoms with Crippen LogP contribution in [0.4, 0.5) is 11.4 Å². The Labute approximate surface area is 120 Å². The van der Waals surface area contributed by atoms with Crippen molar-refractivity contribution in [2.24, 2.45) is 0 Å². The van der Waals surface area contributed by atoms with Crippen LogP contribution in [0.1, 0.15) is 26.7 Å². The van der Waals surface area contributed by atoms with E-state index in [4.69, 9.17) is 5.11 Å². The molecule has 1 aromatic carbocycles. The molecule has 18 heavy (non-hydrogen) atoms. The first kappa shape index (κ1) is 15.2. The van der Waals surface area contributed by atoms with Gasteiger partial charge in [0, 0.05) is 33.5 Å². The van der Waals surface area contributed by atoms with Crippen molar-refractivity contribution in [2.75, 3.05) is 11.9 Å². The third-order valence-electron chi connectivity index (χ3n) is 3.04. The van der Waals surface area contributed by atoms with Gasteiger partial charge in [-0.15, -0.1) is 0 Å². The average Bonchev–Trinajstić information content (AvgIpc) is 2.32. The molecule has 0 radical (unpaired) electrons. The molecule has 2 N–H and O–H groups in total. The first-order valence-electron chi connectivity index (χ1n) is 5.75. The molecule has 0 aliphatic heterocycles. The summed E-state index contributed by atoms with van der Waals surface area (Å²) >= 11 is 2.07. The Morgan fingerprint density at radius 2 is 2.22 bits per heavy atom. The van der Waals surface area contributed by atoms with E-state index in [1.165, 1.54) is 12.1 Å². The Balaban J connectivity index is 2.94. The number of benzene rings is 1. The minimum atomic E-state index is -0.404. The molecule has 1 atom stereocenters. The van der Waals surface area contributed by atoms with E-state index in [0.717, 1.165) is 15.7 Å². The minimum absolute atomic E-state index is 0.0882. The third-order valence-corrected chi connectivity index (χ3v) is 3.94. The lowest BCUT2D eigenvalue weighted by molar-refractivity contribution is -0.384. The molecule has 1 unspecified atom stereocenters. The lowest BCUT2D eigenvalue weighted by Gasteiger charge is -2.30. The van der Waals surface area contributed by atoms with Gasteiger partial charge in [0.1, 0.15) is 0 Å². The highest BCUT2D eigenvalue weighted by Gasteiger charge is 2.22. The molecule has 6 heteroatoms. The summed E-state index contributed by atoms with van der Waals surface area (Å²) in [5.41, 5.74) is 0.745. The molecule has 0 saturated heterocycles. The standard InChI is InChI=1S/C12H17IN2O3/c1-3-12(2,6-7-16)14-11-5-4-9(15(17)18)8-10(11)13/h4-5,8,14,16H,3,6-7H2,1-2H3. The topological polar surface area (TPSA) is 75.4 Å². The third kappa shape index (κ3) is 3.81. The fourth-order valence-electron chi connectivity index (χ4n) is 1.62. The Hall–Kier alpha value is -0.890. The molecule has 1 aromatic rings. The zero-order chi connectivity index (χ0) is 13.8. The Bertz CT molecular complexity index is 439. The van der Waals surface area contributed by atoms with Crippen LogP contribution in [0.2, 0.25) is 0 Å². The highest BCUT2D eigenvalue weighted by Crippen LogP contribution is 2.28. The number of nitrogens with zero attached hydrogens (tertiary/aromatic N) is 1. The van der Waals surface area contributed by atoms with Crippen molar-refractivity contribution in [1.82, 2.24) is 0 Å². The second-order valence-electron chi connectivity index (χ2n) is 4.43. The van der Waals surface area contributed by atoms with Crippen LogP contribution in [0.3, 0.4) is 0 Å². The van der Waals surface area contributed by atoms with Gasteiger partial charge >= 0.3 is 0 Å². The number of nitrogens with one attached hydrogen (secondary N) is 1.